The van der Waals surface area contributed by atoms with Crippen LogP contribution in [-0.4, -0.2) is 34.0 Å². The maximum absolute atomic E-state index is 8.67. The van der Waals surface area contributed by atoms with Gasteiger partial charge in [-0.15, -0.1) is 11.8 Å². The van der Waals surface area contributed by atoms with Crippen LogP contribution in [-0.2, 0) is 0 Å². The SMILES string of the molecule is CCNc1ncc(Cl)c(SCCO)n1. The van der Waals surface area contributed by atoms with Gasteiger partial charge in [-0.1, -0.05) is 11.6 Å². The zero-order valence-corrected chi connectivity index (χ0v) is 9.40. The van der Waals surface area contributed by atoms with E-state index in [2.05, 4.69) is 15.3 Å². The Labute approximate surface area is 92.1 Å². The van der Waals surface area contributed by atoms with Crippen LogP contribution in [0, 0.1) is 0 Å². The third-order valence-corrected chi connectivity index (χ3v) is 2.74. The van der Waals surface area contributed by atoms with E-state index in [4.69, 9.17) is 16.7 Å². The Morgan fingerprint density at radius 2 is 2.43 bits per heavy atom. The molecule has 0 saturated heterocycles. The number of thioether (sulfide) groups is 1. The molecule has 0 aliphatic heterocycles. The van der Waals surface area contributed by atoms with Gasteiger partial charge in [-0.05, 0) is 6.92 Å². The molecule has 78 valence electrons. The number of nitrogens with one attached hydrogen (secondary N) is 1. The molecule has 14 heavy (non-hydrogen) atoms. The van der Waals surface area contributed by atoms with Crippen LogP contribution < -0.4 is 5.32 Å². The fraction of sp³-hybridized carbons (Fsp3) is 0.500. The highest BCUT2D eigenvalue weighted by Crippen LogP contribution is 2.24. The molecular weight excluding hydrogens is 222 g/mol. The van der Waals surface area contributed by atoms with Crippen LogP contribution in [0.5, 0.6) is 0 Å². The summed E-state index contributed by atoms with van der Waals surface area (Å²) in [5.74, 6) is 1.15. The average molecular weight is 234 g/mol. The summed E-state index contributed by atoms with van der Waals surface area (Å²) in [5, 5.41) is 12.9. The van der Waals surface area contributed by atoms with Crippen LogP contribution in [0.2, 0.25) is 5.02 Å². The molecular formula is C8H12ClN3OS. The van der Waals surface area contributed by atoms with Crippen molar-refractivity contribution in [2.24, 2.45) is 0 Å². The summed E-state index contributed by atoms with van der Waals surface area (Å²) >= 11 is 7.29. The van der Waals surface area contributed by atoms with Gasteiger partial charge in [-0.25, -0.2) is 9.97 Å². The third-order valence-electron chi connectivity index (χ3n) is 1.38. The van der Waals surface area contributed by atoms with Crippen molar-refractivity contribution in [2.75, 3.05) is 24.2 Å². The van der Waals surface area contributed by atoms with E-state index >= 15 is 0 Å². The zero-order valence-electron chi connectivity index (χ0n) is 7.83. The first-order valence-electron chi connectivity index (χ1n) is 4.28. The highest BCUT2D eigenvalue weighted by molar-refractivity contribution is 7.99. The van der Waals surface area contributed by atoms with Gasteiger partial charge in [0.05, 0.1) is 17.8 Å². The predicted octanol–water partition coefficient (Wildman–Crippen LogP) is 1.65. The van der Waals surface area contributed by atoms with Crippen molar-refractivity contribution in [3.63, 3.8) is 0 Å². The second-order valence-electron chi connectivity index (χ2n) is 2.45. The van der Waals surface area contributed by atoms with Crippen molar-refractivity contribution >= 4 is 29.3 Å². The standard InChI is InChI=1S/C8H12ClN3OS/c1-2-10-8-11-5-6(9)7(12-8)14-4-3-13/h5,13H,2-4H2,1H3,(H,10,11,12). The predicted molar refractivity (Wildman–Crippen MR) is 59.0 cm³/mol. The van der Waals surface area contributed by atoms with Crippen LogP contribution in [0.25, 0.3) is 0 Å². The number of aliphatic hydroxyl groups excluding tert-OH is 1. The highest BCUT2D eigenvalue weighted by atomic mass is 35.5. The minimum Gasteiger partial charge on any atom is -0.396 e. The van der Waals surface area contributed by atoms with E-state index in [0.29, 0.717) is 21.7 Å². The molecule has 0 aliphatic rings. The number of rotatable bonds is 5. The molecule has 0 bridgehead atoms. The first-order valence-corrected chi connectivity index (χ1v) is 5.64. The van der Waals surface area contributed by atoms with Crippen LogP contribution >= 0.6 is 23.4 Å². The van der Waals surface area contributed by atoms with Gasteiger partial charge in [0.15, 0.2) is 0 Å². The van der Waals surface area contributed by atoms with E-state index in [1.807, 2.05) is 6.92 Å². The number of nitrogens with zero attached hydrogens (tertiary/aromatic N) is 2. The van der Waals surface area contributed by atoms with E-state index in [1.54, 1.807) is 6.20 Å². The molecule has 4 nitrogen and oxygen atoms in total. The largest absolute Gasteiger partial charge is 0.396 e. The molecule has 0 spiro atoms. The summed E-state index contributed by atoms with van der Waals surface area (Å²) in [6, 6.07) is 0. The van der Waals surface area contributed by atoms with Crippen molar-refractivity contribution in [3.8, 4) is 0 Å². The average Bonchev–Trinajstić information content (AvgIpc) is 2.19. The Morgan fingerprint density at radius 1 is 1.64 bits per heavy atom. The van der Waals surface area contributed by atoms with Gasteiger partial charge in [-0.2, -0.15) is 0 Å². The normalized spacial score (nSPS) is 10.2. The van der Waals surface area contributed by atoms with Gasteiger partial charge in [0, 0.05) is 12.3 Å². The van der Waals surface area contributed by atoms with Gasteiger partial charge >= 0.3 is 0 Å². The molecule has 2 N–H and O–H groups in total. The molecule has 0 aliphatic carbocycles. The zero-order chi connectivity index (χ0) is 10.4. The third kappa shape index (κ3) is 3.32. The van der Waals surface area contributed by atoms with E-state index in [1.165, 1.54) is 11.8 Å². The van der Waals surface area contributed by atoms with Gasteiger partial charge in [0.1, 0.15) is 5.03 Å². The Bertz CT molecular complexity index is 298. The summed E-state index contributed by atoms with van der Waals surface area (Å²) in [7, 11) is 0. The first-order chi connectivity index (χ1) is 6.77. The molecule has 1 rings (SSSR count). The van der Waals surface area contributed by atoms with Crippen LogP contribution in [0.1, 0.15) is 6.92 Å². The van der Waals surface area contributed by atoms with Crippen LogP contribution in [0.4, 0.5) is 5.95 Å². The number of aromatic nitrogens is 2. The van der Waals surface area contributed by atoms with Crippen molar-refractivity contribution in [2.45, 2.75) is 11.9 Å². The Morgan fingerprint density at radius 3 is 3.07 bits per heavy atom. The maximum Gasteiger partial charge on any atom is 0.223 e. The number of aliphatic hydroxyl groups is 1. The molecule has 0 unspecified atom stereocenters. The topological polar surface area (TPSA) is 58.0 Å². The molecule has 6 heteroatoms. The molecule has 1 heterocycles. The van der Waals surface area contributed by atoms with Gasteiger partial charge in [0.25, 0.3) is 0 Å². The Hall–Kier alpha value is -0.520. The fourth-order valence-electron chi connectivity index (χ4n) is 0.838. The van der Waals surface area contributed by atoms with Crippen molar-refractivity contribution in [3.05, 3.63) is 11.2 Å². The molecule has 0 atom stereocenters. The lowest BCUT2D eigenvalue weighted by molar-refractivity contribution is 0.322. The molecule has 0 saturated carbocycles. The molecule has 0 radical (unpaired) electrons. The Kier molecular flexibility index (Phi) is 5.00. The van der Waals surface area contributed by atoms with Crippen molar-refractivity contribution < 1.29 is 5.11 Å². The van der Waals surface area contributed by atoms with Crippen LogP contribution in [0.3, 0.4) is 0 Å². The summed E-state index contributed by atoms with van der Waals surface area (Å²) in [6.07, 6.45) is 1.56. The smallest absolute Gasteiger partial charge is 0.223 e. The van der Waals surface area contributed by atoms with E-state index < -0.39 is 0 Å². The second-order valence-corrected chi connectivity index (χ2v) is 3.94. The van der Waals surface area contributed by atoms with Crippen LogP contribution in [0.15, 0.2) is 11.2 Å². The van der Waals surface area contributed by atoms with Crippen molar-refractivity contribution in [1.82, 2.24) is 9.97 Å². The lowest BCUT2D eigenvalue weighted by atomic mass is 10.6. The maximum atomic E-state index is 8.67. The summed E-state index contributed by atoms with van der Waals surface area (Å²) < 4.78 is 0. The molecule has 0 amide bonds. The van der Waals surface area contributed by atoms with Gasteiger partial charge in [-0.3, -0.25) is 0 Å². The molecule has 0 aromatic carbocycles. The minimum atomic E-state index is 0.113. The van der Waals surface area contributed by atoms with Gasteiger partial charge < -0.3 is 10.4 Å². The molecule has 1 aromatic heterocycles. The summed E-state index contributed by atoms with van der Waals surface area (Å²) in [5.41, 5.74) is 0. The number of anilines is 1. The summed E-state index contributed by atoms with van der Waals surface area (Å²) in [4.78, 5) is 8.20. The van der Waals surface area contributed by atoms with Crippen molar-refractivity contribution in [1.29, 1.82) is 0 Å². The lowest BCUT2D eigenvalue weighted by Gasteiger charge is -2.05. The second kappa shape index (κ2) is 6.06. The summed E-state index contributed by atoms with van der Waals surface area (Å²) in [6.45, 7) is 2.85. The Balaban J connectivity index is 2.74. The number of hydrogen-bond acceptors (Lipinski definition) is 5. The van der Waals surface area contributed by atoms with E-state index in [0.717, 1.165) is 6.54 Å². The first kappa shape index (κ1) is 11.6. The molecule has 0 fully saturated rings. The molecule has 1 aromatic rings. The quantitative estimate of drug-likeness (QED) is 0.598. The number of halogens is 1. The monoisotopic (exact) mass is 233 g/mol. The van der Waals surface area contributed by atoms with E-state index in [-0.39, 0.29) is 6.61 Å². The number of hydrogen-bond donors (Lipinski definition) is 2. The lowest BCUT2D eigenvalue weighted by Crippen LogP contribution is -2.02. The fourth-order valence-corrected chi connectivity index (χ4v) is 1.72. The van der Waals surface area contributed by atoms with E-state index in [9.17, 15) is 0 Å². The minimum absolute atomic E-state index is 0.113. The highest BCUT2D eigenvalue weighted by Gasteiger charge is 2.04. The van der Waals surface area contributed by atoms with Gasteiger partial charge in [0.2, 0.25) is 5.95 Å².